The fourth-order valence-corrected chi connectivity index (χ4v) is 2.89. The zero-order valence-corrected chi connectivity index (χ0v) is 14.7. The van der Waals surface area contributed by atoms with Gasteiger partial charge in [-0.25, -0.2) is 0 Å². The Bertz CT molecular complexity index is 787. The number of amides is 1. The number of furan rings is 1. The average Bonchev–Trinajstić information content (AvgIpc) is 3.30. The summed E-state index contributed by atoms with van der Waals surface area (Å²) >= 11 is 1.21. The minimum absolute atomic E-state index is 0.0525. The van der Waals surface area contributed by atoms with E-state index in [0.717, 1.165) is 12.8 Å². The van der Waals surface area contributed by atoms with Crippen molar-refractivity contribution in [3.63, 3.8) is 0 Å². The maximum Gasteiger partial charge on any atom is 0.284 e. The van der Waals surface area contributed by atoms with Crippen molar-refractivity contribution < 1.29 is 13.6 Å². The first-order valence-corrected chi connectivity index (χ1v) is 9.03. The van der Waals surface area contributed by atoms with Gasteiger partial charge in [-0.2, -0.15) is 0 Å². The normalized spacial score (nSPS) is 12.0. The number of aryl methyl sites for hydroxylation is 1. The summed E-state index contributed by atoms with van der Waals surface area (Å²) in [6.07, 6.45) is 3.37. The monoisotopic (exact) mass is 357 g/mol. The van der Waals surface area contributed by atoms with Gasteiger partial charge >= 0.3 is 0 Å². The highest BCUT2D eigenvalue weighted by Gasteiger charge is 2.14. The highest BCUT2D eigenvalue weighted by molar-refractivity contribution is 7.99. The predicted molar refractivity (Wildman–Crippen MR) is 95.1 cm³/mol. The van der Waals surface area contributed by atoms with E-state index in [9.17, 15) is 4.79 Å². The van der Waals surface area contributed by atoms with Crippen molar-refractivity contribution in [2.24, 2.45) is 0 Å². The van der Waals surface area contributed by atoms with Gasteiger partial charge in [-0.1, -0.05) is 42.1 Å². The Balaban J connectivity index is 1.40. The molecule has 3 aromatic rings. The molecule has 1 N–H and O–H groups in total. The molecule has 0 bridgehead atoms. The third-order valence-electron chi connectivity index (χ3n) is 3.58. The summed E-state index contributed by atoms with van der Waals surface area (Å²) < 4.78 is 10.6. The van der Waals surface area contributed by atoms with Crippen LogP contribution in [-0.2, 0) is 11.2 Å². The van der Waals surface area contributed by atoms with E-state index in [2.05, 4.69) is 27.6 Å². The van der Waals surface area contributed by atoms with E-state index in [1.807, 2.05) is 25.1 Å². The van der Waals surface area contributed by atoms with Gasteiger partial charge in [0.25, 0.3) is 11.1 Å². The van der Waals surface area contributed by atoms with Gasteiger partial charge in [-0.15, -0.1) is 10.2 Å². The van der Waals surface area contributed by atoms with Crippen molar-refractivity contribution in [3.8, 4) is 11.7 Å². The predicted octanol–water partition coefficient (Wildman–Crippen LogP) is 3.56. The van der Waals surface area contributed by atoms with E-state index in [0.29, 0.717) is 16.9 Å². The van der Waals surface area contributed by atoms with E-state index in [-0.39, 0.29) is 17.7 Å². The summed E-state index contributed by atoms with van der Waals surface area (Å²) in [5.41, 5.74) is 1.27. The Morgan fingerprint density at radius 1 is 1.20 bits per heavy atom. The molecule has 7 heteroatoms. The summed E-state index contributed by atoms with van der Waals surface area (Å²) in [7, 11) is 0. The van der Waals surface area contributed by atoms with Gasteiger partial charge in [0.15, 0.2) is 5.76 Å². The molecule has 1 aromatic carbocycles. The first-order chi connectivity index (χ1) is 12.2. The summed E-state index contributed by atoms with van der Waals surface area (Å²) in [6.45, 7) is 2.01. The van der Waals surface area contributed by atoms with Crippen LogP contribution in [0.15, 0.2) is 62.8 Å². The van der Waals surface area contributed by atoms with E-state index in [1.165, 1.54) is 23.6 Å². The number of thioether (sulfide) groups is 1. The van der Waals surface area contributed by atoms with Crippen molar-refractivity contribution in [2.75, 3.05) is 5.75 Å². The maximum absolute atomic E-state index is 12.0. The number of rotatable bonds is 8. The van der Waals surface area contributed by atoms with Crippen LogP contribution in [0.25, 0.3) is 11.7 Å². The second-order valence-corrected chi connectivity index (χ2v) is 6.56. The van der Waals surface area contributed by atoms with Gasteiger partial charge in [0.05, 0.1) is 12.0 Å². The van der Waals surface area contributed by atoms with Crippen LogP contribution in [0.1, 0.15) is 18.9 Å². The number of nitrogens with zero attached hydrogens (tertiary/aromatic N) is 2. The molecule has 0 unspecified atom stereocenters. The molecule has 1 amide bonds. The van der Waals surface area contributed by atoms with Crippen molar-refractivity contribution in [2.45, 2.75) is 31.0 Å². The van der Waals surface area contributed by atoms with Gasteiger partial charge in [-0.3, -0.25) is 4.79 Å². The minimum Gasteiger partial charge on any atom is -0.459 e. The fourth-order valence-electron chi connectivity index (χ4n) is 2.31. The summed E-state index contributed by atoms with van der Waals surface area (Å²) in [5, 5.41) is 11.1. The molecule has 1 atom stereocenters. The lowest BCUT2D eigenvalue weighted by Crippen LogP contribution is -2.34. The molecule has 0 spiro atoms. The molecule has 0 fully saturated rings. The molecule has 130 valence electrons. The minimum atomic E-state index is -0.0525. The van der Waals surface area contributed by atoms with E-state index < -0.39 is 0 Å². The molecule has 0 saturated carbocycles. The number of hydrogen-bond donors (Lipinski definition) is 1. The topological polar surface area (TPSA) is 81.2 Å². The van der Waals surface area contributed by atoms with Gasteiger partial charge < -0.3 is 14.2 Å². The molecule has 3 rings (SSSR count). The Hall–Kier alpha value is -2.54. The molecule has 2 aromatic heterocycles. The van der Waals surface area contributed by atoms with Crippen LogP contribution in [0.4, 0.5) is 0 Å². The molecule has 2 heterocycles. The van der Waals surface area contributed by atoms with Crippen LogP contribution in [0.3, 0.4) is 0 Å². The second-order valence-electron chi connectivity index (χ2n) is 5.63. The van der Waals surface area contributed by atoms with Gasteiger partial charge in [-0.05, 0) is 37.5 Å². The van der Waals surface area contributed by atoms with Gasteiger partial charge in [0, 0.05) is 6.04 Å². The molecule has 0 radical (unpaired) electrons. The van der Waals surface area contributed by atoms with Gasteiger partial charge in [0.1, 0.15) is 0 Å². The third kappa shape index (κ3) is 5.22. The Morgan fingerprint density at radius 2 is 2.04 bits per heavy atom. The average molecular weight is 357 g/mol. The van der Waals surface area contributed by atoms with Crippen LogP contribution < -0.4 is 5.32 Å². The number of benzene rings is 1. The van der Waals surface area contributed by atoms with Crippen molar-refractivity contribution in [3.05, 3.63) is 54.3 Å². The van der Waals surface area contributed by atoms with Crippen molar-refractivity contribution >= 4 is 17.7 Å². The van der Waals surface area contributed by atoms with Crippen molar-refractivity contribution in [1.82, 2.24) is 15.5 Å². The lowest BCUT2D eigenvalue weighted by atomic mass is 10.1. The molecule has 25 heavy (non-hydrogen) atoms. The highest BCUT2D eigenvalue weighted by Crippen LogP contribution is 2.23. The Morgan fingerprint density at radius 3 is 2.80 bits per heavy atom. The van der Waals surface area contributed by atoms with Crippen molar-refractivity contribution in [1.29, 1.82) is 0 Å². The Kier molecular flexibility index (Phi) is 5.90. The lowest BCUT2D eigenvalue weighted by Gasteiger charge is -2.13. The fraction of sp³-hybridized carbons (Fsp3) is 0.278. The molecule has 0 aliphatic heterocycles. The molecule has 0 aliphatic carbocycles. The van der Waals surface area contributed by atoms with Crippen LogP contribution in [0.5, 0.6) is 0 Å². The largest absolute Gasteiger partial charge is 0.459 e. The quantitative estimate of drug-likeness (QED) is 0.621. The molecular weight excluding hydrogens is 338 g/mol. The summed E-state index contributed by atoms with van der Waals surface area (Å²) in [6, 6.07) is 13.8. The SMILES string of the molecule is C[C@H](CCc1ccccc1)NC(=O)CSc1nnc(-c2ccco2)o1. The number of aromatic nitrogens is 2. The van der Waals surface area contributed by atoms with E-state index in [4.69, 9.17) is 8.83 Å². The van der Waals surface area contributed by atoms with Crippen LogP contribution >= 0.6 is 11.8 Å². The summed E-state index contributed by atoms with van der Waals surface area (Å²) in [5.74, 6) is 1.00. The zero-order chi connectivity index (χ0) is 17.5. The number of hydrogen-bond acceptors (Lipinski definition) is 6. The highest BCUT2D eigenvalue weighted by atomic mass is 32.2. The smallest absolute Gasteiger partial charge is 0.284 e. The molecular formula is C18H19N3O3S. The van der Waals surface area contributed by atoms with Gasteiger partial charge in [0.2, 0.25) is 5.91 Å². The first-order valence-electron chi connectivity index (χ1n) is 8.04. The van der Waals surface area contributed by atoms with E-state index >= 15 is 0 Å². The maximum atomic E-state index is 12.0. The van der Waals surface area contributed by atoms with E-state index in [1.54, 1.807) is 12.1 Å². The zero-order valence-electron chi connectivity index (χ0n) is 13.8. The first kappa shape index (κ1) is 17.3. The number of carbonyl (C=O) groups excluding carboxylic acids is 1. The van der Waals surface area contributed by atoms with Crippen LogP contribution in [-0.4, -0.2) is 27.9 Å². The van der Waals surface area contributed by atoms with Crippen LogP contribution in [0, 0.1) is 0 Å². The summed E-state index contributed by atoms with van der Waals surface area (Å²) in [4.78, 5) is 12.0. The third-order valence-corrected chi connectivity index (χ3v) is 4.40. The lowest BCUT2D eigenvalue weighted by molar-refractivity contribution is -0.119. The standard InChI is InChI=1S/C18H19N3O3S/c1-13(9-10-14-6-3-2-4-7-14)19-16(22)12-25-18-21-20-17(24-18)15-8-5-11-23-15/h2-8,11,13H,9-10,12H2,1H3,(H,19,22)/t13-/m1/s1. The van der Waals surface area contributed by atoms with Crippen LogP contribution in [0.2, 0.25) is 0 Å². The second kappa shape index (κ2) is 8.53. The molecule has 0 saturated heterocycles. The number of carbonyl (C=O) groups is 1. The number of nitrogens with one attached hydrogen (secondary N) is 1. The molecule has 0 aliphatic rings. The molecule has 6 nitrogen and oxygen atoms in total. The Labute approximate surface area is 150 Å².